The molecule has 0 bridgehead atoms. The molecule has 7 heteroatoms. The fourth-order valence-electron chi connectivity index (χ4n) is 5.33. The van der Waals surface area contributed by atoms with Crippen LogP contribution < -0.4 is 19.1 Å². The standard InChI is InChI=1S/C27H23ClFNO4/c1-2-3-4-10-30-21-7-5-6-17(16-8-9-20(29)19(28)11-16)25(21)27(26(30)31)14-32-22-13-24-23(12-18(22)27)33-15-34-24/h5-9,11-13H,2-4,10,14-15H2,1H3. The van der Waals surface area contributed by atoms with Gasteiger partial charge in [0.05, 0.1) is 5.02 Å². The van der Waals surface area contributed by atoms with Crippen molar-refractivity contribution in [2.75, 3.05) is 24.8 Å². The summed E-state index contributed by atoms with van der Waals surface area (Å²) in [6, 6.07) is 14.2. The van der Waals surface area contributed by atoms with Crippen molar-refractivity contribution in [3.63, 3.8) is 0 Å². The minimum atomic E-state index is -1.03. The first-order valence-corrected chi connectivity index (χ1v) is 11.9. The summed E-state index contributed by atoms with van der Waals surface area (Å²) < 4.78 is 31.3. The molecular formula is C27H23ClFNO4. The molecule has 0 aromatic heterocycles. The fraction of sp³-hybridized carbons (Fsp3) is 0.296. The molecule has 34 heavy (non-hydrogen) atoms. The van der Waals surface area contributed by atoms with Crippen LogP contribution in [-0.4, -0.2) is 25.9 Å². The Balaban J connectivity index is 1.59. The van der Waals surface area contributed by atoms with Gasteiger partial charge in [0.2, 0.25) is 12.7 Å². The third-order valence-corrected chi connectivity index (χ3v) is 7.25. The molecule has 1 spiro atoms. The van der Waals surface area contributed by atoms with Gasteiger partial charge < -0.3 is 19.1 Å². The summed E-state index contributed by atoms with van der Waals surface area (Å²) in [6.45, 7) is 3.07. The number of hydrogen-bond acceptors (Lipinski definition) is 4. The Hall–Kier alpha value is -3.25. The van der Waals surface area contributed by atoms with Crippen LogP contribution in [0.3, 0.4) is 0 Å². The Morgan fingerprint density at radius 2 is 1.85 bits per heavy atom. The minimum absolute atomic E-state index is 0.0168. The molecule has 0 aliphatic carbocycles. The molecule has 3 aromatic carbocycles. The quantitative estimate of drug-likeness (QED) is 0.415. The van der Waals surface area contributed by atoms with Crippen molar-refractivity contribution in [1.29, 1.82) is 0 Å². The average molecular weight is 480 g/mol. The number of carbonyl (C=O) groups is 1. The zero-order valence-electron chi connectivity index (χ0n) is 18.7. The molecule has 3 aliphatic rings. The Morgan fingerprint density at radius 3 is 2.65 bits per heavy atom. The van der Waals surface area contributed by atoms with E-state index in [1.54, 1.807) is 18.2 Å². The summed E-state index contributed by atoms with van der Waals surface area (Å²) >= 11 is 6.15. The van der Waals surface area contributed by atoms with Gasteiger partial charge in [-0.25, -0.2) is 4.39 Å². The van der Waals surface area contributed by atoms with E-state index in [2.05, 4.69) is 6.92 Å². The van der Waals surface area contributed by atoms with Gasteiger partial charge in [-0.1, -0.05) is 49.6 Å². The number of unbranched alkanes of at least 4 members (excludes halogenated alkanes) is 2. The first kappa shape index (κ1) is 21.3. The molecule has 3 heterocycles. The van der Waals surface area contributed by atoms with E-state index in [1.807, 2.05) is 29.2 Å². The van der Waals surface area contributed by atoms with Gasteiger partial charge in [-0.15, -0.1) is 0 Å². The lowest BCUT2D eigenvalue weighted by Crippen LogP contribution is -2.43. The second kappa shape index (κ2) is 7.91. The van der Waals surface area contributed by atoms with Gasteiger partial charge in [-0.2, -0.15) is 0 Å². The highest BCUT2D eigenvalue weighted by Gasteiger charge is 2.58. The summed E-state index contributed by atoms with van der Waals surface area (Å²) in [6.07, 6.45) is 2.99. The summed E-state index contributed by atoms with van der Waals surface area (Å²) in [5.41, 5.74) is 3.03. The molecule has 3 aromatic rings. The van der Waals surface area contributed by atoms with Crippen molar-refractivity contribution < 1.29 is 23.4 Å². The molecule has 5 nitrogen and oxygen atoms in total. The van der Waals surface area contributed by atoms with Gasteiger partial charge in [-0.05, 0) is 41.8 Å². The third-order valence-electron chi connectivity index (χ3n) is 6.96. The maximum absolute atomic E-state index is 14.2. The van der Waals surface area contributed by atoms with Crippen LogP contribution in [0, 0.1) is 5.82 Å². The Bertz CT molecular complexity index is 1330. The molecule has 1 atom stereocenters. The van der Waals surface area contributed by atoms with Crippen molar-refractivity contribution in [2.45, 2.75) is 31.6 Å². The number of rotatable bonds is 5. The van der Waals surface area contributed by atoms with Crippen LogP contribution in [0.25, 0.3) is 11.1 Å². The zero-order valence-corrected chi connectivity index (χ0v) is 19.5. The van der Waals surface area contributed by atoms with Crippen LogP contribution in [-0.2, 0) is 10.2 Å². The third kappa shape index (κ3) is 2.94. The van der Waals surface area contributed by atoms with E-state index < -0.39 is 11.2 Å². The maximum atomic E-state index is 14.2. The summed E-state index contributed by atoms with van der Waals surface area (Å²) in [5, 5.41) is 0.0414. The largest absolute Gasteiger partial charge is 0.491 e. The number of hydrogen-bond donors (Lipinski definition) is 0. The summed E-state index contributed by atoms with van der Waals surface area (Å²) in [7, 11) is 0. The fourth-order valence-corrected chi connectivity index (χ4v) is 5.51. The van der Waals surface area contributed by atoms with Crippen LogP contribution in [0.4, 0.5) is 10.1 Å². The van der Waals surface area contributed by atoms with Crippen LogP contribution in [0.15, 0.2) is 48.5 Å². The normalized spacial score (nSPS) is 19.5. The lowest BCUT2D eigenvalue weighted by atomic mass is 9.74. The first-order valence-electron chi connectivity index (χ1n) is 11.5. The number of amides is 1. The number of benzene rings is 3. The van der Waals surface area contributed by atoms with Crippen molar-refractivity contribution in [2.24, 2.45) is 0 Å². The Kier molecular flexibility index (Phi) is 4.96. The minimum Gasteiger partial charge on any atom is -0.491 e. The lowest BCUT2D eigenvalue weighted by molar-refractivity contribution is -0.122. The molecule has 0 saturated heterocycles. The highest BCUT2D eigenvalue weighted by Crippen LogP contribution is 2.57. The summed E-state index contributed by atoms with van der Waals surface area (Å²) in [4.78, 5) is 16.1. The van der Waals surface area contributed by atoms with E-state index in [4.69, 9.17) is 25.8 Å². The molecule has 0 N–H and O–H groups in total. The highest BCUT2D eigenvalue weighted by molar-refractivity contribution is 6.31. The highest BCUT2D eigenvalue weighted by atomic mass is 35.5. The maximum Gasteiger partial charge on any atom is 0.245 e. The van der Waals surface area contributed by atoms with Gasteiger partial charge in [-0.3, -0.25) is 4.79 Å². The van der Waals surface area contributed by atoms with Crippen molar-refractivity contribution in [3.8, 4) is 28.4 Å². The van der Waals surface area contributed by atoms with Gasteiger partial charge in [0.15, 0.2) is 11.5 Å². The second-order valence-corrected chi connectivity index (χ2v) is 9.30. The lowest BCUT2D eigenvalue weighted by Gasteiger charge is -2.24. The van der Waals surface area contributed by atoms with Gasteiger partial charge in [0.25, 0.3) is 0 Å². The molecule has 0 radical (unpaired) electrons. The molecule has 0 saturated carbocycles. The van der Waals surface area contributed by atoms with E-state index in [0.717, 1.165) is 47.2 Å². The van der Waals surface area contributed by atoms with E-state index in [9.17, 15) is 9.18 Å². The van der Waals surface area contributed by atoms with Crippen molar-refractivity contribution in [1.82, 2.24) is 0 Å². The topological polar surface area (TPSA) is 48.0 Å². The van der Waals surface area contributed by atoms with Gasteiger partial charge in [0, 0.05) is 29.4 Å². The molecule has 0 fully saturated rings. The second-order valence-electron chi connectivity index (χ2n) is 8.89. The molecule has 1 unspecified atom stereocenters. The number of nitrogens with zero attached hydrogens (tertiary/aromatic N) is 1. The molecule has 6 rings (SSSR count). The SMILES string of the molecule is CCCCCN1C(=O)C2(COc3cc4c(cc32)OCO4)c2c(-c3ccc(F)c(Cl)c3)cccc21. The number of fused-ring (bicyclic) bond motifs is 5. The molecular weight excluding hydrogens is 457 g/mol. The number of carbonyl (C=O) groups excluding carboxylic acids is 1. The average Bonchev–Trinajstić information content (AvgIpc) is 3.51. The van der Waals surface area contributed by atoms with E-state index in [1.165, 1.54) is 6.07 Å². The van der Waals surface area contributed by atoms with Crippen LogP contribution >= 0.6 is 11.6 Å². The monoisotopic (exact) mass is 479 g/mol. The van der Waals surface area contributed by atoms with E-state index in [0.29, 0.717) is 23.8 Å². The van der Waals surface area contributed by atoms with Crippen LogP contribution in [0.2, 0.25) is 5.02 Å². The van der Waals surface area contributed by atoms with Crippen LogP contribution in [0.5, 0.6) is 17.2 Å². The number of anilines is 1. The summed E-state index contributed by atoms with van der Waals surface area (Å²) in [5.74, 6) is 1.33. The first-order chi connectivity index (χ1) is 16.5. The van der Waals surface area contributed by atoms with Crippen molar-refractivity contribution in [3.05, 3.63) is 70.5 Å². The number of ether oxygens (including phenoxy) is 3. The molecule has 1 amide bonds. The number of halogens is 2. The predicted octanol–water partition coefficient (Wildman–Crippen LogP) is 6.09. The molecule has 3 aliphatic heterocycles. The Labute approximate surface area is 202 Å². The van der Waals surface area contributed by atoms with E-state index in [-0.39, 0.29) is 24.3 Å². The van der Waals surface area contributed by atoms with E-state index >= 15 is 0 Å². The zero-order chi connectivity index (χ0) is 23.4. The smallest absolute Gasteiger partial charge is 0.245 e. The van der Waals surface area contributed by atoms with Gasteiger partial charge >= 0.3 is 0 Å². The van der Waals surface area contributed by atoms with Crippen molar-refractivity contribution >= 4 is 23.2 Å². The predicted molar refractivity (Wildman–Crippen MR) is 128 cm³/mol. The Morgan fingerprint density at radius 1 is 1.03 bits per heavy atom. The van der Waals surface area contributed by atoms with Crippen LogP contribution in [0.1, 0.15) is 37.3 Å². The van der Waals surface area contributed by atoms with Gasteiger partial charge in [0.1, 0.15) is 23.6 Å². The molecule has 174 valence electrons.